The van der Waals surface area contributed by atoms with E-state index in [9.17, 15) is 0 Å². The highest BCUT2D eigenvalue weighted by Gasteiger charge is 2.61. The van der Waals surface area contributed by atoms with E-state index in [1.807, 2.05) is 12.1 Å². The van der Waals surface area contributed by atoms with E-state index < -0.39 is 0 Å². The fourth-order valence-electron chi connectivity index (χ4n) is 3.78. The minimum atomic E-state index is 0.446. The predicted molar refractivity (Wildman–Crippen MR) is 55.0 cm³/mol. The second-order valence-corrected chi connectivity index (χ2v) is 5.79. The maximum absolute atomic E-state index is 5.92. The van der Waals surface area contributed by atoms with Crippen molar-refractivity contribution in [3.05, 3.63) is 0 Å². The van der Waals surface area contributed by atoms with E-state index in [-0.39, 0.29) is 0 Å². The van der Waals surface area contributed by atoms with Crippen molar-refractivity contribution in [3.8, 4) is 0 Å². The Hall–Kier alpha value is -0.0800. The van der Waals surface area contributed by atoms with Gasteiger partial charge in [-0.25, -0.2) is 5.01 Å². The van der Waals surface area contributed by atoms with Crippen LogP contribution in [-0.4, -0.2) is 18.1 Å². The van der Waals surface area contributed by atoms with Gasteiger partial charge in [0.25, 0.3) is 0 Å². The summed E-state index contributed by atoms with van der Waals surface area (Å²) in [5.74, 6) is 6.82. The Morgan fingerprint density at radius 3 is 2.15 bits per heavy atom. The van der Waals surface area contributed by atoms with Gasteiger partial charge < -0.3 is 0 Å². The van der Waals surface area contributed by atoms with Crippen molar-refractivity contribution in [1.82, 2.24) is 5.01 Å². The summed E-state index contributed by atoms with van der Waals surface area (Å²) >= 11 is 0. The molecule has 0 saturated heterocycles. The molecule has 2 rings (SSSR count). The summed E-state index contributed by atoms with van der Waals surface area (Å²) in [6.45, 7) is 7.27. The molecule has 0 aromatic carbocycles. The Balaban J connectivity index is 2.33. The number of hydrazine groups is 1. The molecule has 0 heterocycles. The second-order valence-electron chi connectivity index (χ2n) is 5.79. The molecule has 76 valence electrons. The molecule has 2 aliphatic rings. The van der Waals surface area contributed by atoms with Gasteiger partial charge in [-0.15, -0.1) is 0 Å². The van der Waals surface area contributed by atoms with Crippen molar-refractivity contribution >= 4 is 0 Å². The van der Waals surface area contributed by atoms with Crippen LogP contribution in [0.4, 0.5) is 0 Å². The van der Waals surface area contributed by atoms with E-state index in [2.05, 4.69) is 20.8 Å². The van der Waals surface area contributed by atoms with Crippen molar-refractivity contribution in [3.63, 3.8) is 0 Å². The summed E-state index contributed by atoms with van der Waals surface area (Å²) in [7, 11) is 2.02. The first-order valence-electron chi connectivity index (χ1n) is 5.37. The van der Waals surface area contributed by atoms with Gasteiger partial charge in [-0.3, -0.25) is 5.84 Å². The molecular formula is C11H22N2. The molecule has 2 nitrogen and oxygen atoms in total. The molecule has 2 fully saturated rings. The Labute approximate surface area is 81.4 Å². The van der Waals surface area contributed by atoms with Crippen molar-refractivity contribution in [2.45, 2.75) is 46.1 Å². The molecule has 0 radical (unpaired) electrons. The zero-order chi connectivity index (χ0) is 9.85. The third kappa shape index (κ3) is 0.962. The van der Waals surface area contributed by atoms with Gasteiger partial charge in [0.2, 0.25) is 0 Å². The molecule has 0 aliphatic heterocycles. The van der Waals surface area contributed by atoms with Gasteiger partial charge in [0, 0.05) is 13.1 Å². The third-order valence-corrected chi connectivity index (χ3v) is 5.24. The van der Waals surface area contributed by atoms with Gasteiger partial charge in [0.15, 0.2) is 0 Å². The van der Waals surface area contributed by atoms with Crippen LogP contribution in [0.5, 0.6) is 0 Å². The Morgan fingerprint density at radius 2 is 1.92 bits per heavy atom. The van der Waals surface area contributed by atoms with Crippen LogP contribution in [0.1, 0.15) is 40.0 Å². The van der Waals surface area contributed by atoms with Crippen molar-refractivity contribution in [2.75, 3.05) is 7.05 Å². The summed E-state index contributed by atoms with van der Waals surface area (Å²) in [5, 5.41) is 1.95. The van der Waals surface area contributed by atoms with E-state index in [0.717, 1.165) is 5.92 Å². The topological polar surface area (TPSA) is 29.3 Å². The summed E-state index contributed by atoms with van der Waals surface area (Å²) in [5.41, 5.74) is 0.937. The molecule has 13 heavy (non-hydrogen) atoms. The third-order valence-electron chi connectivity index (χ3n) is 5.24. The molecule has 3 atom stereocenters. The molecule has 0 aromatic rings. The van der Waals surface area contributed by atoms with Crippen molar-refractivity contribution < 1.29 is 0 Å². The van der Waals surface area contributed by atoms with Crippen LogP contribution >= 0.6 is 0 Å². The average Bonchev–Trinajstić information content (AvgIpc) is 2.34. The monoisotopic (exact) mass is 182 g/mol. The van der Waals surface area contributed by atoms with Gasteiger partial charge in [0.1, 0.15) is 0 Å². The summed E-state index contributed by atoms with van der Waals surface area (Å²) in [6, 6.07) is 0.598. The van der Waals surface area contributed by atoms with E-state index >= 15 is 0 Å². The minimum absolute atomic E-state index is 0.446. The highest BCUT2D eigenvalue weighted by atomic mass is 15.4. The first-order chi connectivity index (χ1) is 5.89. The standard InChI is InChI=1S/C11H22N2/c1-10(2)8-5-6-11(10,3)9(7-8)13(4)12/h8-9H,5-7,12H2,1-4H3/t8-,9+,11-/m1/s1. The molecule has 2 aliphatic carbocycles. The van der Waals surface area contributed by atoms with Gasteiger partial charge in [-0.2, -0.15) is 0 Å². The average molecular weight is 182 g/mol. The second kappa shape index (κ2) is 2.48. The van der Waals surface area contributed by atoms with Gasteiger partial charge in [-0.05, 0) is 36.0 Å². The molecule has 0 amide bonds. The van der Waals surface area contributed by atoms with Gasteiger partial charge in [0.05, 0.1) is 0 Å². The number of hydrogen-bond acceptors (Lipinski definition) is 2. The summed E-state index contributed by atoms with van der Waals surface area (Å²) in [6.07, 6.45) is 4.07. The molecule has 0 spiro atoms. The van der Waals surface area contributed by atoms with E-state index in [1.54, 1.807) is 0 Å². The smallest absolute Gasteiger partial charge is 0.0299 e. The van der Waals surface area contributed by atoms with Crippen molar-refractivity contribution in [2.24, 2.45) is 22.6 Å². The quantitative estimate of drug-likeness (QED) is 0.496. The first kappa shape index (κ1) is 9.47. The molecule has 0 unspecified atom stereocenters. The minimum Gasteiger partial charge on any atom is -0.269 e. The van der Waals surface area contributed by atoms with Crippen LogP contribution in [0.25, 0.3) is 0 Å². The number of rotatable bonds is 1. The maximum Gasteiger partial charge on any atom is 0.0299 e. The first-order valence-corrected chi connectivity index (χ1v) is 5.37. The Bertz CT molecular complexity index is 222. The molecule has 2 saturated carbocycles. The number of fused-ring (bicyclic) bond motifs is 2. The van der Waals surface area contributed by atoms with Crippen LogP contribution in [0.15, 0.2) is 0 Å². The summed E-state index contributed by atoms with van der Waals surface area (Å²) < 4.78 is 0. The normalized spacial score (nSPS) is 47.5. The molecular weight excluding hydrogens is 160 g/mol. The van der Waals surface area contributed by atoms with Crippen molar-refractivity contribution in [1.29, 1.82) is 0 Å². The zero-order valence-electron chi connectivity index (χ0n) is 9.30. The molecule has 2 bridgehead atoms. The lowest BCUT2D eigenvalue weighted by Gasteiger charge is -2.41. The molecule has 2 N–H and O–H groups in total. The molecule has 0 aromatic heterocycles. The number of nitrogens with two attached hydrogens (primary N) is 1. The largest absolute Gasteiger partial charge is 0.269 e. The van der Waals surface area contributed by atoms with Gasteiger partial charge in [-0.1, -0.05) is 20.8 Å². The Morgan fingerprint density at radius 1 is 1.31 bits per heavy atom. The SMILES string of the molecule is CN(N)[C@H]1C[C@H]2CC[C@@]1(C)C2(C)C. The van der Waals surface area contributed by atoms with Crippen LogP contribution < -0.4 is 5.84 Å². The zero-order valence-corrected chi connectivity index (χ0v) is 9.30. The lowest BCUT2D eigenvalue weighted by molar-refractivity contribution is 0.0582. The highest BCUT2D eigenvalue weighted by molar-refractivity contribution is 5.12. The molecule has 2 heteroatoms. The van der Waals surface area contributed by atoms with Crippen LogP contribution in [-0.2, 0) is 0 Å². The van der Waals surface area contributed by atoms with Crippen LogP contribution in [0, 0.1) is 16.7 Å². The maximum atomic E-state index is 5.92. The Kier molecular flexibility index (Phi) is 1.81. The van der Waals surface area contributed by atoms with Gasteiger partial charge >= 0.3 is 0 Å². The highest BCUT2D eigenvalue weighted by Crippen LogP contribution is 2.66. The lowest BCUT2D eigenvalue weighted by atomic mass is 9.69. The fourth-order valence-corrected chi connectivity index (χ4v) is 3.78. The summed E-state index contributed by atoms with van der Waals surface area (Å²) in [4.78, 5) is 0. The van der Waals surface area contributed by atoms with E-state index in [4.69, 9.17) is 5.84 Å². The fraction of sp³-hybridized carbons (Fsp3) is 1.00. The van der Waals surface area contributed by atoms with Crippen LogP contribution in [0.2, 0.25) is 0 Å². The van der Waals surface area contributed by atoms with E-state index in [0.29, 0.717) is 16.9 Å². The predicted octanol–water partition coefficient (Wildman–Crippen LogP) is 2.01. The number of nitrogens with zero attached hydrogens (tertiary/aromatic N) is 1. The van der Waals surface area contributed by atoms with E-state index in [1.165, 1.54) is 19.3 Å². The number of hydrogen-bond donors (Lipinski definition) is 1. The lowest BCUT2D eigenvalue weighted by Crippen LogP contribution is -2.48. The van der Waals surface area contributed by atoms with Crippen LogP contribution in [0.3, 0.4) is 0 Å².